The Balaban J connectivity index is 1.71. The van der Waals surface area contributed by atoms with E-state index in [9.17, 15) is 9.59 Å². The lowest BCUT2D eigenvalue weighted by atomic mass is 9.65. The first-order chi connectivity index (χ1) is 11.3. The van der Waals surface area contributed by atoms with Crippen molar-refractivity contribution in [1.29, 1.82) is 0 Å². The molecule has 0 heterocycles. The van der Waals surface area contributed by atoms with Crippen LogP contribution < -0.4 is 0 Å². The second-order valence-electron chi connectivity index (χ2n) is 8.02. The van der Waals surface area contributed by atoms with Gasteiger partial charge in [-0.1, -0.05) is 58.3 Å². The Labute approximate surface area is 142 Å². The molecule has 0 aromatic carbocycles. The summed E-state index contributed by atoms with van der Waals surface area (Å²) < 4.78 is 0. The number of carbonyl (C=O) groups is 2. The lowest BCUT2D eigenvalue weighted by molar-refractivity contribution is -0.133. The fourth-order valence-corrected chi connectivity index (χ4v) is 4.82. The highest BCUT2D eigenvalue weighted by atomic mass is 16.1. The fourth-order valence-electron chi connectivity index (χ4n) is 4.82. The highest BCUT2D eigenvalue weighted by Gasteiger charge is 2.39. The molecular weight excluding hydrogens is 284 g/mol. The molecule has 0 spiro atoms. The number of hydrogen-bond acceptors (Lipinski definition) is 2. The van der Waals surface area contributed by atoms with E-state index in [1.807, 2.05) is 0 Å². The van der Waals surface area contributed by atoms with Gasteiger partial charge in [-0.2, -0.15) is 0 Å². The van der Waals surface area contributed by atoms with Crippen LogP contribution in [0.15, 0.2) is 0 Å². The topological polar surface area (TPSA) is 34.1 Å². The number of rotatable bonds is 10. The predicted molar refractivity (Wildman–Crippen MR) is 95.3 cm³/mol. The van der Waals surface area contributed by atoms with Crippen LogP contribution >= 0.6 is 0 Å². The van der Waals surface area contributed by atoms with Gasteiger partial charge in [0, 0.05) is 17.8 Å². The first kappa shape index (κ1) is 18.7. The molecule has 132 valence electrons. The van der Waals surface area contributed by atoms with Crippen LogP contribution in [-0.4, -0.2) is 12.1 Å². The average molecular weight is 321 g/mol. The number of hydrogen-bond donors (Lipinski definition) is 0. The van der Waals surface area contributed by atoms with Gasteiger partial charge in [0.05, 0.1) is 0 Å². The summed E-state index contributed by atoms with van der Waals surface area (Å²) in [6.45, 7) is 2.24. The van der Waals surface area contributed by atoms with Crippen molar-refractivity contribution >= 4 is 12.1 Å². The van der Waals surface area contributed by atoms with E-state index < -0.39 is 0 Å². The molecule has 4 unspecified atom stereocenters. The first-order valence-electron chi connectivity index (χ1n) is 10.2. The monoisotopic (exact) mass is 320 g/mol. The minimum atomic E-state index is 0.121. The number of carbonyl (C=O) groups excluding carboxylic acids is 2. The van der Waals surface area contributed by atoms with E-state index in [4.69, 9.17) is 0 Å². The Hall–Kier alpha value is -0.660. The summed E-state index contributed by atoms with van der Waals surface area (Å²) in [6.07, 6.45) is 17.8. The molecule has 0 amide bonds. The Morgan fingerprint density at radius 3 is 2.52 bits per heavy atom. The number of ketones is 1. The maximum absolute atomic E-state index is 12.7. The third-order valence-corrected chi connectivity index (χ3v) is 6.27. The molecular formula is C21H36O2. The number of fused-ring (bicyclic) bond motifs is 1. The molecule has 2 fully saturated rings. The van der Waals surface area contributed by atoms with Crippen LogP contribution in [-0.2, 0) is 9.59 Å². The second-order valence-corrected chi connectivity index (χ2v) is 8.02. The molecule has 0 aromatic rings. The van der Waals surface area contributed by atoms with Crippen molar-refractivity contribution < 1.29 is 9.59 Å². The summed E-state index contributed by atoms with van der Waals surface area (Å²) in [7, 11) is 0. The number of aldehydes is 1. The lowest BCUT2D eigenvalue weighted by Crippen LogP contribution is -2.37. The van der Waals surface area contributed by atoms with E-state index in [-0.39, 0.29) is 11.8 Å². The zero-order chi connectivity index (χ0) is 16.5. The minimum absolute atomic E-state index is 0.121. The molecule has 2 nitrogen and oxygen atoms in total. The van der Waals surface area contributed by atoms with E-state index in [0.29, 0.717) is 17.6 Å². The van der Waals surface area contributed by atoms with Crippen molar-refractivity contribution in [1.82, 2.24) is 0 Å². The van der Waals surface area contributed by atoms with Gasteiger partial charge in [-0.3, -0.25) is 4.79 Å². The predicted octanol–water partition coefficient (Wildman–Crippen LogP) is 5.73. The summed E-state index contributed by atoms with van der Waals surface area (Å²) >= 11 is 0. The van der Waals surface area contributed by atoms with Gasteiger partial charge < -0.3 is 4.79 Å². The zero-order valence-corrected chi connectivity index (χ0v) is 15.1. The fraction of sp³-hybridized carbons (Fsp3) is 0.905. The Kier molecular flexibility index (Phi) is 8.33. The van der Waals surface area contributed by atoms with Crippen molar-refractivity contribution in [3.63, 3.8) is 0 Å². The minimum Gasteiger partial charge on any atom is -0.303 e. The average Bonchev–Trinajstić information content (AvgIpc) is 2.59. The molecule has 2 aliphatic rings. The summed E-state index contributed by atoms with van der Waals surface area (Å²) in [5.74, 6) is 1.82. The van der Waals surface area contributed by atoms with Crippen molar-refractivity contribution in [3.05, 3.63) is 0 Å². The Morgan fingerprint density at radius 1 is 1.00 bits per heavy atom. The van der Waals surface area contributed by atoms with Crippen molar-refractivity contribution in [2.45, 2.75) is 96.8 Å². The highest BCUT2D eigenvalue weighted by Crippen LogP contribution is 2.42. The van der Waals surface area contributed by atoms with Crippen molar-refractivity contribution in [2.75, 3.05) is 0 Å². The van der Waals surface area contributed by atoms with Crippen LogP contribution in [0.25, 0.3) is 0 Å². The number of unbranched alkanes of at least 4 members (excludes halogenated alkanes) is 5. The molecule has 0 radical (unpaired) electrons. The second kappa shape index (κ2) is 10.3. The molecule has 23 heavy (non-hydrogen) atoms. The molecule has 4 atom stereocenters. The molecule has 2 saturated carbocycles. The van der Waals surface area contributed by atoms with Crippen LogP contribution in [0.2, 0.25) is 0 Å². The third-order valence-electron chi connectivity index (χ3n) is 6.27. The van der Waals surface area contributed by atoms with E-state index >= 15 is 0 Å². The molecule has 0 bridgehead atoms. The van der Waals surface area contributed by atoms with Crippen LogP contribution in [0.4, 0.5) is 0 Å². The van der Waals surface area contributed by atoms with Gasteiger partial charge >= 0.3 is 0 Å². The zero-order valence-electron chi connectivity index (χ0n) is 15.1. The van der Waals surface area contributed by atoms with E-state index in [1.165, 1.54) is 57.8 Å². The number of Topliss-reactive ketones (excluding diaryl/α,β-unsaturated/α-hetero) is 1. The van der Waals surface area contributed by atoms with Gasteiger partial charge in [0.25, 0.3) is 0 Å². The summed E-state index contributed by atoms with van der Waals surface area (Å²) in [6, 6.07) is 0. The van der Waals surface area contributed by atoms with Gasteiger partial charge in [-0.15, -0.1) is 0 Å². The molecule has 0 aliphatic heterocycles. The Bertz CT molecular complexity index is 363. The van der Waals surface area contributed by atoms with Crippen LogP contribution in [0, 0.1) is 23.7 Å². The van der Waals surface area contributed by atoms with Crippen LogP contribution in [0.3, 0.4) is 0 Å². The quantitative estimate of drug-likeness (QED) is 0.380. The standard InChI is InChI=1S/C21H36O2/c1-2-3-4-5-6-7-10-17(16-22)15-19-14-13-18-11-8-9-12-20(18)21(19)23/h16-20H,2-15H2,1H3. The summed E-state index contributed by atoms with van der Waals surface area (Å²) in [4.78, 5) is 24.2. The molecule has 0 saturated heterocycles. The van der Waals surface area contributed by atoms with Gasteiger partial charge in [0.15, 0.2) is 0 Å². The van der Waals surface area contributed by atoms with Crippen LogP contribution in [0.1, 0.15) is 96.8 Å². The SMILES string of the molecule is CCCCCCCCC(C=O)CC1CCC2CCCCC2C1=O. The molecule has 2 rings (SSSR count). The molecule has 2 heteroatoms. The maximum Gasteiger partial charge on any atom is 0.139 e. The van der Waals surface area contributed by atoms with Crippen molar-refractivity contribution in [2.24, 2.45) is 23.7 Å². The summed E-state index contributed by atoms with van der Waals surface area (Å²) in [5.41, 5.74) is 0. The van der Waals surface area contributed by atoms with Crippen molar-refractivity contribution in [3.8, 4) is 0 Å². The van der Waals surface area contributed by atoms with E-state index in [1.54, 1.807) is 0 Å². The van der Waals surface area contributed by atoms with E-state index in [2.05, 4.69) is 6.92 Å². The largest absolute Gasteiger partial charge is 0.303 e. The van der Waals surface area contributed by atoms with Crippen LogP contribution in [0.5, 0.6) is 0 Å². The maximum atomic E-state index is 12.7. The van der Waals surface area contributed by atoms with E-state index in [0.717, 1.165) is 38.4 Å². The molecule has 2 aliphatic carbocycles. The molecule has 0 aromatic heterocycles. The Morgan fingerprint density at radius 2 is 1.74 bits per heavy atom. The van der Waals surface area contributed by atoms with Gasteiger partial charge in [-0.25, -0.2) is 0 Å². The van der Waals surface area contributed by atoms with Gasteiger partial charge in [-0.05, 0) is 44.4 Å². The lowest BCUT2D eigenvalue weighted by Gasteiger charge is -2.38. The summed E-state index contributed by atoms with van der Waals surface area (Å²) in [5, 5.41) is 0. The molecule has 0 N–H and O–H groups in total. The first-order valence-corrected chi connectivity index (χ1v) is 10.2. The highest BCUT2D eigenvalue weighted by molar-refractivity contribution is 5.84. The smallest absolute Gasteiger partial charge is 0.139 e. The van der Waals surface area contributed by atoms with Gasteiger partial charge in [0.2, 0.25) is 0 Å². The third kappa shape index (κ3) is 5.72. The normalized spacial score (nSPS) is 29.1. The van der Waals surface area contributed by atoms with Gasteiger partial charge in [0.1, 0.15) is 12.1 Å².